The van der Waals surface area contributed by atoms with Crippen molar-refractivity contribution in [2.24, 2.45) is 0 Å². The van der Waals surface area contributed by atoms with E-state index in [4.69, 9.17) is 16.7 Å². The molecule has 0 amide bonds. The Balaban J connectivity index is 1.89. The first kappa shape index (κ1) is 14.5. The molecule has 2 aromatic rings. The number of hydrogen-bond acceptors (Lipinski definition) is 4. The van der Waals surface area contributed by atoms with E-state index in [9.17, 15) is 0 Å². The molecule has 0 saturated heterocycles. The zero-order valence-corrected chi connectivity index (χ0v) is 12.2. The molecule has 0 saturated carbocycles. The Morgan fingerprint density at radius 2 is 2.00 bits per heavy atom. The van der Waals surface area contributed by atoms with Crippen LogP contribution in [0.15, 0.2) is 36.5 Å². The van der Waals surface area contributed by atoms with Crippen molar-refractivity contribution in [2.75, 3.05) is 19.7 Å². The van der Waals surface area contributed by atoms with Gasteiger partial charge < -0.3 is 5.11 Å². The lowest BCUT2D eigenvalue weighted by molar-refractivity contribution is 0.192. The number of rotatable bonds is 7. The second-order valence-electron chi connectivity index (χ2n) is 4.31. The molecule has 1 aromatic heterocycles. The van der Waals surface area contributed by atoms with Crippen LogP contribution in [0, 0.1) is 0 Å². The summed E-state index contributed by atoms with van der Waals surface area (Å²) in [6.07, 6.45) is 2.78. The third-order valence-electron chi connectivity index (χ3n) is 2.88. The van der Waals surface area contributed by atoms with E-state index < -0.39 is 0 Å². The SMILES string of the molecule is OCCN(CCc1ccccc1)Cc1cnc(Cl)s1. The van der Waals surface area contributed by atoms with Crippen LogP contribution in [0.1, 0.15) is 10.4 Å². The first-order valence-corrected chi connectivity index (χ1v) is 7.44. The summed E-state index contributed by atoms with van der Waals surface area (Å²) in [5, 5.41) is 9.14. The predicted octanol–water partition coefficient (Wildman–Crippen LogP) is 2.83. The quantitative estimate of drug-likeness (QED) is 0.853. The summed E-state index contributed by atoms with van der Waals surface area (Å²) in [4.78, 5) is 7.39. The molecule has 0 bridgehead atoms. The molecule has 0 aliphatic rings. The molecule has 0 atom stereocenters. The van der Waals surface area contributed by atoms with Crippen LogP contribution < -0.4 is 0 Å². The molecule has 0 spiro atoms. The van der Waals surface area contributed by atoms with Gasteiger partial charge in [0.2, 0.25) is 0 Å². The van der Waals surface area contributed by atoms with Crippen molar-refractivity contribution in [2.45, 2.75) is 13.0 Å². The molecule has 1 heterocycles. The number of halogens is 1. The van der Waals surface area contributed by atoms with E-state index in [1.54, 1.807) is 6.20 Å². The highest BCUT2D eigenvalue weighted by molar-refractivity contribution is 7.15. The van der Waals surface area contributed by atoms with Crippen LogP contribution in [0.25, 0.3) is 0 Å². The average molecular weight is 297 g/mol. The van der Waals surface area contributed by atoms with Gasteiger partial charge in [-0.3, -0.25) is 4.90 Å². The Kier molecular flexibility index (Phi) is 5.79. The van der Waals surface area contributed by atoms with Gasteiger partial charge in [0, 0.05) is 30.7 Å². The minimum Gasteiger partial charge on any atom is -0.395 e. The summed E-state index contributed by atoms with van der Waals surface area (Å²) in [6.45, 7) is 2.54. The molecule has 2 rings (SSSR count). The topological polar surface area (TPSA) is 36.4 Å². The molecular weight excluding hydrogens is 280 g/mol. The largest absolute Gasteiger partial charge is 0.395 e. The Bertz CT molecular complexity index is 489. The van der Waals surface area contributed by atoms with E-state index in [2.05, 4.69) is 34.1 Å². The molecule has 102 valence electrons. The maximum absolute atomic E-state index is 9.14. The number of aromatic nitrogens is 1. The van der Waals surface area contributed by atoms with E-state index >= 15 is 0 Å². The van der Waals surface area contributed by atoms with E-state index in [0.29, 0.717) is 11.0 Å². The van der Waals surface area contributed by atoms with Crippen molar-refractivity contribution >= 4 is 22.9 Å². The number of nitrogens with zero attached hydrogens (tertiary/aromatic N) is 2. The summed E-state index contributed by atoms with van der Waals surface area (Å²) in [7, 11) is 0. The minimum atomic E-state index is 0.168. The van der Waals surface area contributed by atoms with Gasteiger partial charge in [0.1, 0.15) is 0 Å². The van der Waals surface area contributed by atoms with Gasteiger partial charge in [0.05, 0.1) is 6.61 Å². The fourth-order valence-electron chi connectivity index (χ4n) is 1.92. The van der Waals surface area contributed by atoms with Crippen LogP contribution in [-0.2, 0) is 13.0 Å². The van der Waals surface area contributed by atoms with Gasteiger partial charge >= 0.3 is 0 Å². The zero-order chi connectivity index (χ0) is 13.5. The Morgan fingerprint density at radius 3 is 2.63 bits per heavy atom. The van der Waals surface area contributed by atoms with Crippen molar-refractivity contribution in [3.8, 4) is 0 Å². The van der Waals surface area contributed by atoms with Gasteiger partial charge in [0.15, 0.2) is 4.47 Å². The van der Waals surface area contributed by atoms with Crippen molar-refractivity contribution in [1.82, 2.24) is 9.88 Å². The van der Waals surface area contributed by atoms with Crippen molar-refractivity contribution < 1.29 is 5.11 Å². The fraction of sp³-hybridized carbons (Fsp3) is 0.357. The molecule has 0 unspecified atom stereocenters. The number of hydrogen-bond donors (Lipinski definition) is 1. The number of thiazole rings is 1. The summed E-state index contributed by atoms with van der Waals surface area (Å²) in [6, 6.07) is 10.4. The first-order valence-electron chi connectivity index (χ1n) is 6.25. The standard InChI is InChI=1S/C14H17ClN2OS/c15-14-16-10-13(19-14)11-17(8-9-18)7-6-12-4-2-1-3-5-12/h1-5,10,18H,6-9,11H2. The first-order chi connectivity index (χ1) is 9.28. The molecule has 5 heteroatoms. The molecule has 0 fully saturated rings. The maximum Gasteiger partial charge on any atom is 0.183 e. The van der Waals surface area contributed by atoms with Gasteiger partial charge in [0.25, 0.3) is 0 Å². The molecule has 1 N–H and O–H groups in total. The second kappa shape index (κ2) is 7.60. The summed E-state index contributed by atoms with van der Waals surface area (Å²) in [5.74, 6) is 0. The van der Waals surface area contributed by atoms with Crippen LogP contribution >= 0.6 is 22.9 Å². The van der Waals surface area contributed by atoms with E-state index in [-0.39, 0.29) is 6.61 Å². The van der Waals surface area contributed by atoms with Crippen molar-refractivity contribution in [3.05, 3.63) is 51.4 Å². The van der Waals surface area contributed by atoms with Gasteiger partial charge in [-0.15, -0.1) is 11.3 Å². The number of aliphatic hydroxyl groups excluding tert-OH is 1. The van der Waals surface area contributed by atoms with Gasteiger partial charge in [-0.25, -0.2) is 4.98 Å². The lowest BCUT2D eigenvalue weighted by Gasteiger charge is -2.20. The molecular formula is C14H17ClN2OS. The molecule has 3 nitrogen and oxygen atoms in total. The highest BCUT2D eigenvalue weighted by Gasteiger charge is 2.08. The van der Waals surface area contributed by atoms with Crippen LogP contribution in [0.5, 0.6) is 0 Å². The lowest BCUT2D eigenvalue weighted by Crippen LogP contribution is -2.28. The molecule has 1 aromatic carbocycles. The van der Waals surface area contributed by atoms with Gasteiger partial charge in [-0.05, 0) is 12.0 Å². The molecule has 0 aliphatic heterocycles. The molecule has 0 aliphatic carbocycles. The highest BCUT2D eigenvalue weighted by atomic mass is 35.5. The highest BCUT2D eigenvalue weighted by Crippen LogP contribution is 2.19. The van der Waals surface area contributed by atoms with Crippen molar-refractivity contribution in [3.63, 3.8) is 0 Å². The second-order valence-corrected chi connectivity index (χ2v) is 6.01. The smallest absolute Gasteiger partial charge is 0.183 e. The van der Waals surface area contributed by atoms with Crippen LogP contribution in [0.2, 0.25) is 4.47 Å². The third kappa shape index (κ3) is 4.91. The Labute approximate surface area is 122 Å². The summed E-state index contributed by atoms with van der Waals surface area (Å²) < 4.78 is 0.571. The summed E-state index contributed by atoms with van der Waals surface area (Å²) in [5.41, 5.74) is 1.31. The fourth-order valence-corrected chi connectivity index (χ4v) is 2.94. The van der Waals surface area contributed by atoms with Crippen LogP contribution in [-0.4, -0.2) is 34.7 Å². The molecule has 19 heavy (non-hydrogen) atoms. The van der Waals surface area contributed by atoms with E-state index in [0.717, 1.165) is 24.4 Å². The van der Waals surface area contributed by atoms with Gasteiger partial charge in [-0.1, -0.05) is 41.9 Å². The van der Waals surface area contributed by atoms with E-state index in [1.807, 2.05) is 6.07 Å². The van der Waals surface area contributed by atoms with Crippen LogP contribution in [0.3, 0.4) is 0 Å². The Hall–Kier alpha value is -0.940. The monoisotopic (exact) mass is 296 g/mol. The summed E-state index contributed by atoms with van der Waals surface area (Å²) >= 11 is 7.33. The lowest BCUT2D eigenvalue weighted by atomic mass is 10.1. The van der Waals surface area contributed by atoms with Crippen LogP contribution in [0.4, 0.5) is 0 Å². The number of benzene rings is 1. The maximum atomic E-state index is 9.14. The normalized spacial score (nSPS) is 11.1. The van der Waals surface area contributed by atoms with Crippen molar-refractivity contribution in [1.29, 1.82) is 0 Å². The zero-order valence-electron chi connectivity index (χ0n) is 10.6. The van der Waals surface area contributed by atoms with Gasteiger partial charge in [-0.2, -0.15) is 0 Å². The Morgan fingerprint density at radius 1 is 1.21 bits per heavy atom. The third-order valence-corrected chi connectivity index (χ3v) is 3.98. The predicted molar refractivity (Wildman–Crippen MR) is 79.6 cm³/mol. The average Bonchev–Trinajstić information content (AvgIpc) is 2.83. The minimum absolute atomic E-state index is 0.168. The van der Waals surface area contributed by atoms with E-state index in [1.165, 1.54) is 16.9 Å². The number of aliphatic hydroxyl groups is 1. The molecule has 0 radical (unpaired) electrons.